The number of hydrogen-bond acceptors (Lipinski definition) is 0. The number of rotatable bonds is 0. The second kappa shape index (κ2) is 3.94. The summed E-state index contributed by atoms with van der Waals surface area (Å²) in [4.78, 5) is 0. The van der Waals surface area contributed by atoms with Gasteiger partial charge >= 0.3 is 114 Å². The molecule has 0 aliphatic carbocycles. The van der Waals surface area contributed by atoms with E-state index in [0.717, 1.165) is 5.39 Å². The molecule has 1 heterocycles. The maximum absolute atomic E-state index is 6.27. The van der Waals surface area contributed by atoms with E-state index >= 15 is 0 Å². The second-order valence-corrected chi connectivity index (χ2v) is 6.89. The van der Waals surface area contributed by atoms with Crippen molar-refractivity contribution >= 4 is 68.6 Å². The normalized spacial score (nSPS) is 11.4. The molecule has 0 spiro atoms. The molecule has 1 aromatic heterocycles. The molecule has 80 valence electrons. The molecule has 0 saturated carbocycles. The summed E-state index contributed by atoms with van der Waals surface area (Å²) >= 11 is 18.7. The second-order valence-electron chi connectivity index (χ2n) is 3.46. The van der Waals surface area contributed by atoms with Crippen molar-refractivity contribution in [2.75, 3.05) is 0 Å². The van der Waals surface area contributed by atoms with Crippen molar-refractivity contribution in [2.45, 2.75) is 0 Å². The minimum absolute atomic E-state index is 0.282. The van der Waals surface area contributed by atoms with Crippen LogP contribution in [0, 0.1) is 0 Å². The van der Waals surface area contributed by atoms with Crippen molar-refractivity contribution in [1.29, 1.82) is 0 Å². The standard InChI is InChI=1S/C12H5Cl3Se/c13-7-5-9-10(12(15)11(7)14)6-3-1-2-4-8(6)16-9/h1-5H. The number of hydrogen-bond donors (Lipinski definition) is 0. The Morgan fingerprint density at radius 3 is 2.44 bits per heavy atom. The fraction of sp³-hybridized carbons (Fsp3) is 0. The molecule has 3 aromatic rings. The fourth-order valence-corrected chi connectivity index (χ4v) is 5.19. The van der Waals surface area contributed by atoms with Crippen LogP contribution in [-0.2, 0) is 0 Å². The first kappa shape index (κ1) is 11.0. The summed E-state index contributed by atoms with van der Waals surface area (Å²) in [5.74, 6) is 0. The molecule has 0 radical (unpaired) electrons. The van der Waals surface area contributed by atoms with Crippen LogP contribution >= 0.6 is 34.8 Å². The molecule has 0 amide bonds. The van der Waals surface area contributed by atoms with Crippen LogP contribution in [0.25, 0.3) is 19.3 Å². The number of halogens is 3. The first-order valence-electron chi connectivity index (χ1n) is 4.63. The molecule has 0 fully saturated rings. The van der Waals surface area contributed by atoms with Gasteiger partial charge in [-0.1, -0.05) is 0 Å². The van der Waals surface area contributed by atoms with E-state index in [1.165, 1.54) is 13.9 Å². The van der Waals surface area contributed by atoms with Crippen LogP contribution in [0.4, 0.5) is 0 Å². The SMILES string of the molecule is Clc1cc2[se]c3ccccc3c2c(Cl)c1Cl. The van der Waals surface area contributed by atoms with Crippen molar-refractivity contribution in [2.24, 2.45) is 0 Å². The fourth-order valence-electron chi connectivity index (χ4n) is 1.79. The van der Waals surface area contributed by atoms with Gasteiger partial charge in [-0.2, -0.15) is 0 Å². The Bertz CT molecular complexity index is 700. The van der Waals surface area contributed by atoms with Gasteiger partial charge in [-0.25, -0.2) is 0 Å². The molecule has 0 nitrogen and oxygen atoms in total. The quantitative estimate of drug-likeness (QED) is 0.400. The molecule has 2 aromatic carbocycles. The predicted octanol–water partition coefficient (Wildman–Crippen LogP) is 5.01. The maximum atomic E-state index is 6.27. The van der Waals surface area contributed by atoms with Crippen LogP contribution < -0.4 is 0 Å². The van der Waals surface area contributed by atoms with Gasteiger partial charge in [0.2, 0.25) is 0 Å². The third kappa shape index (κ3) is 1.51. The van der Waals surface area contributed by atoms with Crippen LogP contribution in [0.3, 0.4) is 0 Å². The molecule has 0 aliphatic rings. The zero-order valence-corrected chi connectivity index (χ0v) is 11.9. The van der Waals surface area contributed by atoms with Gasteiger partial charge < -0.3 is 0 Å². The molecule has 3 rings (SSSR count). The summed E-state index contributed by atoms with van der Waals surface area (Å²) in [5, 5.41) is 3.83. The summed E-state index contributed by atoms with van der Waals surface area (Å²) in [7, 11) is 0. The van der Waals surface area contributed by atoms with Gasteiger partial charge in [-0.3, -0.25) is 0 Å². The van der Waals surface area contributed by atoms with E-state index < -0.39 is 0 Å². The van der Waals surface area contributed by atoms with Gasteiger partial charge in [0.05, 0.1) is 0 Å². The Balaban J connectivity index is 2.62. The number of benzene rings is 2. The third-order valence-corrected chi connectivity index (χ3v) is 6.11. The Labute approximate surface area is 113 Å². The Hall–Kier alpha value is -0.171. The van der Waals surface area contributed by atoms with Crippen LogP contribution in [0.1, 0.15) is 0 Å². The monoisotopic (exact) mass is 334 g/mol. The molecular formula is C12H5Cl3Se. The summed E-state index contributed by atoms with van der Waals surface area (Å²) in [5.41, 5.74) is 0. The molecule has 0 unspecified atom stereocenters. The van der Waals surface area contributed by atoms with Crippen molar-refractivity contribution in [3.8, 4) is 0 Å². The first-order chi connectivity index (χ1) is 7.68. The van der Waals surface area contributed by atoms with E-state index in [-0.39, 0.29) is 14.5 Å². The van der Waals surface area contributed by atoms with Gasteiger partial charge in [0.15, 0.2) is 0 Å². The summed E-state index contributed by atoms with van der Waals surface area (Å²) < 4.78 is 2.55. The Morgan fingerprint density at radius 1 is 0.875 bits per heavy atom. The third-order valence-electron chi connectivity index (χ3n) is 2.50. The van der Waals surface area contributed by atoms with Crippen molar-refractivity contribution in [3.05, 3.63) is 45.4 Å². The van der Waals surface area contributed by atoms with E-state index in [1.54, 1.807) is 0 Å². The van der Waals surface area contributed by atoms with Gasteiger partial charge in [0.25, 0.3) is 0 Å². The first-order valence-corrected chi connectivity index (χ1v) is 7.48. The van der Waals surface area contributed by atoms with Gasteiger partial charge in [0, 0.05) is 0 Å². The summed E-state index contributed by atoms with van der Waals surface area (Å²) in [6.07, 6.45) is 0. The van der Waals surface area contributed by atoms with Crippen LogP contribution in [0.5, 0.6) is 0 Å². The average Bonchev–Trinajstić information content (AvgIpc) is 2.64. The summed E-state index contributed by atoms with van der Waals surface area (Å²) in [6.45, 7) is 0. The van der Waals surface area contributed by atoms with E-state index in [4.69, 9.17) is 34.8 Å². The zero-order valence-electron chi connectivity index (χ0n) is 7.93. The van der Waals surface area contributed by atoms with Gasteiger partial charge in [0.1, 0.15) is 0 Å². The topological polar surface area (TPSA) is 0 Å². The molecule has 0 saturated heterocycles. The molecule has 0 atom stereocenters. The Kier molecular flexibility index (Phi) is 2.70. The van der Waals surface area contributed by atoms with E-state index in [1.807, 2.05) is 18.2 Å². The molecule has 4 heteroatoms. The molecule has 0 bridgehead atoms. The van der Waals surface area contributed by atoms with Crippen molar-refractivity contribution in [3.63, 3.8) is 0 Å². The van der Waals surface area contributed by atoms with E-state index in [2.05, 4.69) is 12.1 Å². The summed E-state index contributed by atoms with van der Waals surface area (Å²) in [6, 6.07) is 10.2. The molecular weight excluding hydrogens is 329 g/mol. The van der Waals surface area contributed by atoms with Crippen molar-refractivity contribution in [1.82, 2.24) is 0 Å². The van der Waals surface area contributed by atoms with Crippen LogP contribution in [0.2, 0.25) is 15.1 Å². The van der Waals surface area contributed by atoms with Crippen LogP contribution in [-0.4, -0.2) is 14.5 Å². The van der Waals surface area contributed by atoms with Crippen LogP contribution in [0.15, 0.2) is 30.3 Å². The number of fused-ring (bicyclic) bond motifs is 3. The Morgan fingerprint density at radius 2 is 1.62 bits per heavy atom. The molecule has 0 N–H and O–H groups in total. The van der Waals surface area contributed by atoms with Gasteiger partial charge in [-0.15, -0.1) is 0 Å². The predicted molar refractivity (Wildman–Crippen MR) is 73.4 cm³/mol. The molecule has 16 heavy (non-hydrogen) atoms. The molecule has 0 aliphatic heterocycles. The van der Waals surface area contributed by atoms with E-state index in [0.29, 0.717) is 15.1 Å². The van der Waals surface area contributed by atoms with E-state index in [9.17, 15) is 0 Å². The average molecular weight is 334 g/mol. The minimum atomic E-state index is 0.282. The zero-order chi connectivity index (χ0) is 11.3. The van der Waals surface area contributed by atoms with Gasteiger partial charge in [-0.05, 0) is 0 Å². The van der Waals surface area contributed by atoms with Crippen molar-refractivity contribution < 1.29 is 0 Å².